The number of nitrogens with two attached hydrogens (primary N) is 1. The van der Waals surface area contributed by atoms with Crippen molar-refractivity contribution in [3.63, 3.8) is 0 Å². The summed E-state index contributed by atoms with van der Waals surface area (Å²) in [7, 11) is 0. The molecule has 0 aliphatic carbocycles. The van der Waals surface area contributed by atoms with Gasteiger partial charge in [0.2, 0.25) is 5.91 Å². The molecular formula is C16H22N2O. The van der Waals surface area contributed by atoms with Gasteiger partial charge in [0.05, 0.1) is 6.42 Å². The first-order valence-corrected chi connectivity index (χ1v) is 7.26. The summed E-state index contributed by atoms with van der Waals surface area (Å²) in [4.78, 5) is 14.7. The van der Waals surface area contributed by atoms with Crippen LogP contribution in [0.25, 0.3) is 0 Å². The Morgan fingerprint density at radius 1 is 1.26 bits per heavy atom. The molecule has 1 aromatic carbocycles. The van der Waals surface area contributed by atoms with Gasteiger partial charge in [-0.3, -0.25) is 4.79 Å². The molecule has 3 nitrogen and oxygen atoms in total. The third-order valence-electron chi connectivity index (χ3n) is 4.66. The number of benzene rings is 1. The van der Waals surface area contributed by atoms with Crippen LogP contribution in [0.4, 0.5) is 0 Å². The number of nitrogens with zero attached hydrogens (tertiary/aromatic N) is 1. The van der Waals surface area contributed by atoms with Crippen LogP contribution in [0.1, 0.15) is 36.8 Å². The number of rotatable bonds is 2. The molecule has 2 bridgehead atoms. The summed E-state index contributed by atoms with van der Waals surface area (Å²) < 4.78 is 0. The maximum Gasteiger partial charge on any atom is 0.227 e. The lowest BCUT2D eigenvalue weighted by molar-refractivity contribution is -0.135. The van der Waals surface area contributed by atoms with Gasteiger partial charge in [-0.1, -0.05) is 24.3 Å². The van der Waals surface area contributed by atoms with Crippen molar-refractivity contribution in [1.82, 2.24) is 4.90 Å². The average Bonchev–Trinajstić information content (AvgIpc) is 2.65. The van der Waals surface area contributed by atoms with Gasteiger partial charge in [0.25, 0.3) is 0 Å². The van der Waals surface area contributed by atoms with Gasteiger partial charge < -0.3 is 10.6 Å². The summed E-state index contributed by atoms with van der Waals surface area (Å²) in [6, 6.07) is 9.24. The molecule has 0 radical (unpaired) electrons. The van der Waals surface area contributed by atoms with E-state index >= 15 is 0 Å². The van der Waals surface area contributed by atoms with E-state index in [1.54, 1.807) is 0 Å². The fraction of sp³-hybridized carbons (Fsp3) is 0.562. The number of amides is 1. The van der Waals surface area contributed by atoms with E-state index in [0.29, 0.717) is 24.5 Å². The van der Waals surface area contributed by atoms with E-state index < -0.39 is 0 Å². The molecule has 1 amide bonds. The zero-order chi connectivity index (χ0) is 13.4. The predicted octanol–water partition coefficient (Wildman–Crippen LogP) is 2.02. The average molecular weight is 258 g/mol. The smallest absolute Gasteiger partial charge is 0.227 e. The monoisotopic (exact) mass is 258 g/mol. The molecule has 1 aromatic rings. The van der Waals surface area contributed by atoms with Gasteiger partial charge in [0, 0.05) is 18.1 Å². The Morgan fingerprint density at radius 2 is 1.89 bits per heavy atom. The molecule has 2 aliphatic rings. The van der Waals surface area contributed by atoms with E-state index in [0.717, 1.165) is 31.2 Å². The Labute approximate surface area is 114 Å². The zero-order valence-electron chi connectivity index (χ0n) is 11.5. The Hall–Kier alpha value is -1.35. The van der Waals surface area contributed by atoms with Crippen molar-refractivity contribution in [2.75, 3.05) is 0 Å². The van der Waals surface area contributed by atoms with E-state index in [1.165, 1.54) is 5.56 Å². The first kappa shape index (κ1) is 12.7. The number of hydrogen-bond donors (Lipinski definition) is 1. The van der Waals surface area contributed by atoms with E-state index in [1.807, 2.05) is 12.1 Å². The van der Waals surface area contributed by atoms with Gasteiger partial charge in [-0.05, 0) is 43.7 Å². The third-order valence-corrected chi connectivity index (χ3v) is 4.66. The second-order valence-corrected chi connectivity index (χ2v) is 6.02. The summed E-state index contributed by atoms with van der Waals surface area (Å²) in [6.07, 6.45) is 4.77. The molecule has 2 aliphatic heterocycles. The van der Waals surface area contributed by atoms with Gasteiger partial charge in [0.15, 0.2) is 0 Å². The Bertz CT molecular complexity index is 471. The van der Waals surface area contributed by atoms with Crippen LogP contribution in [0.15, 0.2) is 24.3 Å². The van der Waals surface area contributed by atoms with Crippen LogP contribution in [-0.4, -0.2) is 28.9 Å². The first-order valence-electron chi connectivity index (χ1n) is 7.26. The van der Waals surface area contributed by atoms with Crippen LogP contribution in [0, 0.1) is 6.92 Å². The quantitative estimate of drug-likeness (QED) is 0.882. The minimum atomic E-state index is 0.286. The first-order chi connectivity index (χ1) is 9.15. The summed E-state index contributed by atoms with van der Waals surface area (Å²) in [5, 5.41) is 0. The highest BCUT2D eigenvalue weighted by Gasteiger charge is 2.41. The van der Waals surface area contributed by atoms with Crippen molar-refractivity contribution in [2.45, 2.75) is 57.2 Å². The topological polar surface area (TPSA) is 46.3 Å². The van der Waals surface area contributed by atoms with Crippen LogP contribution in [0.5, 0.6) is 0 Å². The van der Waals surface area contributed by atoms with Crippen molar-refractivity contribution < 1.29 is 4.79 Å². The van der Waals surface area contributed by atoms with Crippen molar-refractivity contribution in [1.29, 1.82) is 0 Å². The largest absolute Gasteiger partial charge is 0.336 e. The molecule has 3 rings (SSSR count). The SMILES string of the molecule is Cc1ccccc1CC(=O)N1C2CCC1CC(N)C2. The lowest BCUT2D eigenvalue weighted by Gasteiger charge is -2.38. The van der Waals surface area contributed by atoms with Crippen LogP contribution in [0.3, 0.4) is 0 Å². The number of carbonyl (C=O) groups is 1. The second kappa shape index (κ2) is 4.97. The number of carbonyl (C=O) groups excluding carboxylic acids is 1. The highest BCUT2D eigenvalue weighted by atomic mass is 16.2. The Morgan fingerprint density at radius 3 is 2.53 bits per heavy atom. The normalized spacial score (nSPS) is 29.6. The maximum atomic E-state index is 12.6. The molecule has 0 aromatic heterocycles. The van der Waals surface area contributed by atoms with Gasteiger partial charge >= 0.3 is 0 Å². The summed E-state index contributed by atoms with van der Waals surface area (Å²) in [5.41, 5.74) is 8.42. The van der Waals surface area contributed by atoms with Crippen molar-refractivity contribution in [3.05, 3.63) is 35.4 Å². The summed E-state index contributed by atoms with van der Waals surface area (Å²) in [6.45, 7) is 2.07. The van der Waals surface area contributed by atoms with E-state index in [-0.39, 0.29) is 5.91 Å². The van der Waals surface area contributed by atoms with Crippen molar-refractivity contribution >= 4 is 5.91 Å². The minimum absolute atomic E-state index is 0.286. The summed E-state index contributed by atoms with van der Waals surface area (Å²) in [5.74, 6) is 0.286. The molecule has 0 spiro atoms. The zero-order valence-corrected chi connectivity index (χ0v) is 11.5. The second-order valence-electron chi connectivity index (χ2n) is 6.02. The highest BCUT2D eigenvalue weighted by molar-refractivity contribution is 5.80. The van der Waals surface area contributed by atoms with Crippen LogP contribution >= 0.6 is 0 Å². The Kier molecular flexibility index (Phi) is 3.31. The highest BCUT2D eigenvalue weighted by Crippen LogP contribution is 2.35. The molecule has 2 unspecified atom stereocenters. The molecule has 2 heterocycles. The molecule has 2 fully saturated rings. The fourth-order valence-corrected chi connectivity index (χ4v) is 3.69. The van der Waals surface area contributed by atoms with E-state index in [4.69, 9.17) is 5.73 Å². The lowest BCUT2D eigenvalue weighted by Crippen LogP contribution is -2.50. The van der Waals surface area contributed by atoms with Crippen LogP contribution < -0.4 is 5.73 Å². The van der Waals surface area contributed by atoms with E-state index in [2.05, 4.69) is 24.0 Å². The molecule has 3 heteroatoms. The fourth-order valence-electron chi connectivity index (χ4n) is 3.69. The minimum Gasteiger partial charge on any atom is -0.336 e. The molecule has 2 saturated heterocycles. The van der Waals surface area contributed by atoms with E-state index in [9.17, 15) is 4.79 Å². The lowest BCUT2D eigenvalue weighted by atomic mass is 9.96. The molecule has 2 N–H and O–H groups in total. The third kappa shape index (κ3) is 2.39. The van der Waals surface area contributed by atoms with Gasteiger partial charge in [0.1, 0.15) is 0 Å². The number of fused-ring (bicyclic) bond motifs is 2. The predicted molar refractivity (Wildman–Crippen MR) is 75.7 cm³/mol. The molecule has 102 valence electrons. The molecule has 19 heavy (non-hydrogen) atoms. The molecular weight excluding hydrogens is 236 g/mol. The molecule has 0 saturated carbocycles. The summed E-state index contributed by atoms with van der Waals surface area (Å²) >= 11 is 0. The number of aryl methyl sites for hydroxylation is 1. The van der Waals surface area contributed by atoms with Crippen LogP contribution in [-0.2, 0) is 11.2 Å². The van der Waals surface area contributed by atoms with Crippen LogP contribution in [0.2, 0.25) is 0 Å². The van der Waals surface area contributed by atoms with Gasteiger partial charge in [-0.2, -0.15) is 0 Å². The standard InChI is InChI=1S/C16H22N2O/c1-11-4-2-3-5-12(11)8-16(19)18-14-6-7-15(18)10-13(17)9-14/h2-5,13-15H,6-10,17H2,1H3. The molecule has 2 atom stereocenters. The van der Waals surface area contributed by atoms with Gasteiger partial charge in [-0.25, -0.2) is 0 Å². The van der Waals surface area contributed by atoms with Crippen molar-refractivity contribution in [3.8, 4) is 0 Å². The van der Waals surface area contributed by atoms with Gasteiger partial charge in [-0.15, -0.1) is 0 Å². The maximum absolute atomic E-state index is 12.6. The number of piperidine rings is 1. The Balaban J connectivity index is 1.73. The number of hydrogen-bond acceptors (Lipinski definition) is 2. The van der Waals surface area contributed by atoms with Crippen molar-refractivity contribution in [2.24, 2.45) is 5.73 Å².